The molecule has 39 heavy (non-hydrogen) atoms. The van der Waals surface area contributed by atoms with Crippen LogP contribution in [-0.4, -0.2) is 34.0 Å². The fourth-order valence-corrected chi connectivity index (χ4v) is 4.47. The molecule has 3 aromatic rings. The van der Waals surface area contributed by atoms with Gasteiger partial charge in [0.1, 0.15) is 16.9 Å². The summed E-state index contributed by atoms with van der Waals surface area (Å²) in [5.41, 5.74) is -16.5. The quantitative estimate of drug-likeness (QED) is 0.141. The number of benzene rings is 3. The molecule has 17 heteroatoms. The fourth-order valence-electron chi connectivity index (χ4n) is 3.55. The molecule has 0 unspecified atom stereocenters. The molecule has 0 amide bonds. The van der Waals surface area contributed by atoms with Gasteiger partial charge in [0.25, 0.3) is 0 Å². The number of halogens is 9. The molecule has 0 saturated heterocycles. The SMILES string of the molecule is O=S(=O)(Oc1ccc(C(c2ccccc2)(c2ccc(OS(=O)(=O)C(F)(F)F)cc2)C(F)(F)F)cc1)C(F)(F)F. The second kappa shape index (κ2) is 9.93. The lowest BCUT2D eigenvalue weighted by molar-refractivity contribution is -0.166. The highest BCUT2D eigenvalue weighted by Gasteiger charge is 2.58. The average Bonchev–Trinajstić information content (AvgIpc) is 2.79. The van der Waals surface area contributed by atoms with Crippen LogP contribution in [0, 0.1) is 0 Å². The zero-order chi connectivity index (χ0) is 29.5. The zero-order valence-corrected chi connectivity index (χ0v) is 20.3. The first-order valence-electron chi connectivity index (χ1n) is 10.1. The van der Waals surface area contributed by atoms with Crippen molar-refractivity contribution in [3.8, 4) is 11.5 Å². The van der Waals surface area contributed by atoms with Crippen LogP contribution in [0.1, 0.15) is 16.7 Å². The van der Waals surface area contributed by atoms with Crippen molar-refractivity contribution < 1.29 is 64.7 Å². The van der Waals surface area contributed by atoms with Crippen molar-refractivity contribution in [2.24, 2.45) is 0 Å². The fraction of sp³-hybridized carbons (Fsp3) is 0.182. The molecule has 0 heterocycles. The van der Waals surface area contributed by atoms with E-state index in [1.54, 1.807) is 0 Å². The van der Waals surface area contributed by atoms with Gasteiger partial charge in [0.15, 0.2) is 0 Å². The summed E-state index contributed by atoms with van der Waals surface area (Å²) in [6.45, 7) is 0. The Morgan fingerprint density at radius 2 is 0.769 bits per heavy atom. The minimum absolute atomic E-state index is 0.453. The van der Waals surface area contributed by atoms with E-state index in [2.05, 4.69) is 8.37 Å². The summed E-state index contributed by atoms with van der Waals surface area (Å²) in [6, 6.07) is 10.8. The van der Waals surface area contributed by atoms with Crippen molar-refractivity contribution in [3.05, 3.63) is 95.6 Å². The van der Waals surface area contributed by atoms with Gasteiger partial charge >= 0.3 is 37.4 Å². The summed E-state index contributed by atoms with van der Waals surface area (Å²) < 4.78 is 173. The average molecular weight is 608 g/mol. The highest BCUT2D eigenvalue weighted by molar-refractivity contribution is 7.88. The van der Waals surface area contributed by atoms with Gasteiger partial charge in [0.2, 0.25) is 0 Å². The second-order valence-electron chi connectivity index (χ2n) is 7.63. The maximum atomic E-state index is 14.9. The van der Waals surface area contributed by atoms with Crippen molar-refractivity contribution in [3.63, 3.8) is 0 Å². The molecule has 0 atom stereocenters. The Kier molecular flexibility index (Phi) is 7.66. The normalized spacial score (nSPS) is 13.7. The highest BCUT2D eigenvalue weighted by atomic mass is 32.2. The Bertz CT molecular complexity index is 1420. The predicted octanol–water partition coefficient (Wildman–Crippen LogP) is 6.04. The molecule has 0 aliphatic heterocycles. The van der Waals surface area contributed by atoms with Crippen molar-refractivity contribution in [2.75, 3.05) is 0 Å². The van der Waals surface area contributed by atoms with Gasteiger partial charge in [-0.15, -0.1) is 0 Å². The number of hydrogen-bond acceptors (Lipinski definition) is 6. The summed E-state index contributed by atoms with van der Waals surface area (Å²) in [4.78, 5) is 0. The standard InChI is InChI=1S/C22H13F9O6S2/c23-20(24,25)19(14-4-2-1-3-5-14,15-6-10-17(11-7-15)36-38(32,33)21(26,27)28)16-8-12-18(13-9-16)37-39(34,35)22(29,30)31/h1-13H. The van der Waals surface area contributed by atoms with Crippen LogP contribution >= 0.6 is 0 Å². The summed E-state index contributed by atoms with van der Waals surface area (Å²) in [5, 5.41) is 0. The third kappa shape index (κ3) is 5.78. The number of alkyl halides is 9. The van der Waals surface area contributed by atoms with Crippen LogP contribution in [0.15, 0.2) is 78.9 Å². The Labute approximate surface area is 214 Å². The van der Waals surface area contributed by atoms with E-state index >= 15 is 0 Å². The van der Waals surface area contributed by atoms with E-state index in [9.17, 15) is 56.3 Å². The third-order valence-corrected chi connectivity index (χ3v) is 7.14. The van der Waals surface area contributed by atoms with Crippen LogP contribution in [0.4, 0.5) is 39.5 Å². The molecule has 0 fully saturated rings. The monoisotopic (exact) mass is 608 g/mol. The van der Waals surface area contributed by atoms with Crippen molar-refractivity contribution in [1.82, 2.24) is 0 Å². The lowest BCUT2D eigenvalue weighted by atomic mass is 9.69. The van der Waals surface area contributed by atoms with E-state index in [1.165, 1.54) is 18.2 Å². The first-order chi connectivity index (χ1) is 17.7. The lowest BCUT2D eigenvalue weighted by Gasteiger charge is -2.37. The molecule has 0 aromatic heterocycles. The maximum absolute atomic E-state index is 14.9. The smallest absolute Gasteiger partial charge is 0.376 e. The molecule has 0 aliphatic rings. The van der Waals surface area contributed by atoms with Gasteiger partial charge in [-0.05, 0) is 41.0 Å². The van der Waals surface area contributed by atoms with Crippen molar-refractivity contribution >= 4 is 20.2 Å². The minimum atomic E-state index is -6.13. The van der Waals surface area contributed by atoms with Gasteiger partial charge in [-0.25, -0.2) is 0 Å². The predicted molar refractivity (Wildman–Crippen MR) is 116 cm³/mol. The minimum Gasteiger partial charge on any atom is -0.376 e. The Morgan fingerprint density at radius 3 is 1.05 bits per heavy atom. The van der Waals surface area contributed by atoms with Crippen molar-refractivity contribution in [2.45, 2.75) is 22.6 Å². The van der Waals surface area contributed by atoms with Gasteiger partial charge in [-0.1, -0.05) is 54.6 Å². The highest BCUT2D eigenvalue weighted by Crippen LogP contribution is 2.51. The molecular weight excluding hydrogens is 595 g/mol. The van der Waals surface area contributed by atoms with Crippen LogP contribution in [0.3, 0.4) is 0 Å². The molecule has 0 spiro atoms. The molecule has 3 rings (SSSR count). The van der Waals surface area contributed by atoms with Crippen molar-refractivity contribution in [1.29, 1.82) is 0 Å². The van der Waals surface area contributed by atoms with Crippen LogP contribution in [-0.2, 0) is 25.7 Å². The molecular formula is C22H13F9O6S2. The van der Waals surface area contributed by atoms with E-state index in [4.69, 9.17) is 0 Å². The second-order valence-corrected chi connectivity index (χ2v) is 10.7. The van der Waals surface area contributed by atoms with Crippen LogP contribution in [0.25, 0.3) is 0 Å². The zero-order valence-electron chi connectivity index (χ0n) is 18.7. The molecule has 0 bridgehead atoms. The van der Waals surface area contributed by atoms with Gasteiger partial charge in [0.05, 0.1) is 0 Å². The summed E-state index contributed by atoms with van der Waals surface area (Å²) >= 11 is 0. The van der Waals surface area contributed by atoms with Gasteiger partial charge in [-0.3, -0.25) is 0 Å². The van der Waals surface area contributed by atoms with Gasteiger partial charge in [0, 0.05) is 0 Å². The third-order valence-electron chi connectivity index (χ3n) is 5.19. The maximum Gasteiger partial charge on any atom is 0.534 e. The van der Waals surface area contributed by atoms with Gasteiger partial charge in [-0.2, -0.15) is 56.3 Å². The van der Waals surface area contributed by atoms with E-state index in [0.717, 1.165) is 12.1 Å². The van der Waals surface area contributed by atoms with E-state index < -0.39 is 71.0 Å². The van der Waals surface area contributed by atoms with Crippen LogP contribution in [0.2, 0.25) is 0 Å². The molecule has 212 valence electrons. The first kappa shape index (κ1) is 30.1. The Morgan fingerprint density at radius 1 is 0.462 bits per heavy atom. The molecule has 0 radical (unpaired) electrons. The van der Waals surface area contributed by atoms with E-state index in [1.807, 2.05) is 0 Å². The molecule has 0 N–H and O–H groups in total. The Balaban J connectivity index is 2.19. The molecule has 0 aliphatic carbocycles. The molecule has 6 nitrogen and oxygen atoms in total. The van der Waals surface area contributed by atoms with Gasteiger partial charge < -0.3 is 8.37 Å². The topological polar surface area (TPSA) is 86.7 Å². The van der Waals surface area contributed by atoms with E-state index in [0.29, 0.717) is 48.5 Å². The number of rotatable bonds is 7. The van der Waals surface area contributed by atoms with Crippen LogP contribution in [0.5, 0.6) is 11.5 Å². The Hall–Kier alpha value is -3.47. The number of hydrogen-bond donors (Lipinski definition) is 0. The largest absolute Gasteiger partial charge is 0.534 e. The summed E-state index contributed by atoms with van der Waals surface area (Å²) in [7, 11) is -12.3. The molecule has 3 aromatic carbocycles. The molecule has 0 saturated carbocycles. The lowest BCUT2D eigenvalue weighted by Crippen LogP contribution is -2.44. The summed E-state index contributed by atoms with van der Waals surface area (Å²) in [5.74, 6) is -1.91. The summed E-state index contributed by atoms with van der Waals surface area (Å²) in [6.07, 6.45) is -5.23. The first-order valence-corrected chi connectivity index (χ1v) is 12.9. The van der Waals surface area contributed by atoms with E-state index in [-0.39, 0.29) is 0 Å². The van der Waals surface area contributed by atoms with Crippen LogP contribution < -0.4 is 8.37 Å².